The lowest BCUT2D eigenvalue weighted by molar-refractivity contribution is 0.251. The molecule has 0 saturated heterocycles. The van der Waals surface area contributed by atoms with E-state index in [0.29, 0.717) is 0 Å². The summed E-state index contributed by atoms with van der Waals surface area (Å²) in [6, 6.07) is -0.482. The van der Waals surface area contributed by atoms with Gasteiger partial charge in [-0.3, -0.25) is 0 Å². The van der Waals surface area contributed by atoms with E-state index in [9.17, 15) is 4.79 Å². The summed E-state index contributed by atoms with van der Waals surface area (Å²) in [5.41, 5.74) is 5.90. The largest absolute Gasteiger partial charge is 0.351 e. The Morgan fingerprint density at radius 2 is 2.00 bits per heavy atom. The van der Waals surface area contributed by atoms with Gasteiger partial charge in [0.1, 0.15) is 0 Å². The van der Waals surface area contributed by atoms with E-state index in [0.717, 1.165) is 22.1 Å². The molecular formula is C7H13IN2O. The van der Waals surface area contributed by atoms with E-state index in [1.807, 2.05) is 13.8 Å². The number of rotatable bonds is 3. The molecule has 4 heteroatoms. The minimum atomic E-state index is -0.482. The number of nitrogens with two attached hydrogens (primary N) is 1. The lowest BCUT2D eigenvalue weighted by Gasteiger charge is -2.06. The van der Waals surface area contributed by atoms with E-state index in [1.165, 1.54) is 0 Å². The molecule has 0 rings (SSSR count). The summed E-state index contributed by atoms with van der Waals surface area (Å²) in [6.45, 7) is 4.03. The number of carbonyl (C=O) groups excluding carboxylic acids is 1. The molecule has 0 aromatic heterocycles. The molecule has 11 heavy (non-hydrogen) atoms. The van der Waals surface area contributed by atoms with Gasteiger partial charge in [-0.05, 0) is 35.4 Å². The molecule has 0 saturated carbocycles. The van der Waals surface area contributed by atoms with Crippen LogP contribution in [-0.4, -0.2) is 6.03 Å². The van der Waals surface area contributed by atoms with Gasteiger partial charge in [0.2, 0.25) is 0 Å². The highest BCUT2D eigenvalue weighted by Crippen LogP contribution is 2.16. The summed E-state index contributed by atoms with van der Waals surface area (Å²) >= 11 is 2.21. The quantitative estimate of drug-likeness (QED) is 0.757. The smallest absolute Gasteiger partial charge is 0.316 e. The van der Waals surface area contributed by atoms with Gasteiger partial charge in [0.05, 0.1) is 0 Å². The van der Waals surface area contributed by atoms with Crippen LogP contribution in [-0.2, 0) is 0 Å². The normalized spacial score (nSPS) is 12.3. The zero-order valence-electron chi connectivity index (χ0n) is 6.78. The first-order valence-electron chi connectivity index (χ1n) is 3.55. The highest BCUT2D eigenvalue weighted by atomic mass is 127. The molecule has 0 heterocycles. The standard InChI is InChI=1S/C7H13IN2O/c1-3-5(8)6(4-2)10-7(9)11/h3-4H2,1-2H3,(H3,9,10,11)/b6-5-. The van der Waals surface area contributed by atoms with Crippen molar-refractivity contribution in [3.05, 3.63) is 9.28 Å². The van der Waals surface area contributed by atoms with Crippen molar-refractivity contribution in [3.63, 3.8) is 0 Å². The van der Waals surface area contributed by atoms with Crippen LogP contribution in [0.5, 0.6) is 0 Å². The molecule has 0 unspecified atom stereocenters. The highest BCUT2D eigenvalue weighted by molar-refractivity contribution is 14.1. The SMILES string of the molecule is CC/C(I)=C(\CC)NC(N)=O. The second-order valence-corrected chi connectivity index (χ2v) is 3.38. The number of hydrogen-bond acceptors (Lipinski definition) is 1. The summed E-state index contributed by atoms with van der Waals surface area (Å²) in [5.74, 6) is 0. The molecule has 0 atom stereocenters. The molecule has 3 nitrogen and oxygen atoms in total. The van der Waals surface area contributed by atoms with Crippen LogP contribution in [0.4, 0.5) is 4.79 Å². The van der Waals surface area contributed by atoms with Crippen molar-refractivity contribution >= 4 is 28.6 Å². The summed E-state index contributed by atoms with van der Waals surface area (Å²) in [6.07, 6.45) is 1.75. The first-order valence-corrected chi connectivity index (χ1v) is 4.63. The number of primary amides is 1. The molecule has 0 bridgehead atoms. The van der Waals surface area contributed by atoms with Crippen molar-refractivity contribution in [3.8, 4) is 0 Å². The number of carbonyl (C=O) groups is 1. The molecule has 0 fully saturated rings. The van der Waals surface area contributed by atoms with E-state index < -0.39 is 6.03 Å². The van der Waals surface area contributed by atoms with Gasteiger partial charge in [-0.15, -0.1) is 0 Å². The van der Waals surface area contributed by atoms with Crippen LogP contribution < -0.4 is 11.1 Å². The number of urea groups is 1. The van der Waals surface area contributed by atoms with Crippen molar-refractivity contribution in [2.45, 2.75) is 26.7 Å². The van der Waals surface area contributed by atoms with Crippen LogP contribution in [0.1, 0.15) is 26.7 Å². The van der Waals surface area contributed by atoms with E-state index in [4.69, 9.17) is 5.73 Å². The second-order valence-electron chi connectivity index (χ2n) is 2.08. The van der Waals surface area contributed by atoms with Crippen molar-refractivity contribution < 1.29 is 4.79 Å². The number of nitrogens with one attached hydrogen (secondary N) is 1. The van der Waals surface area contributed by atoms with Gasteiger partial charge in [-0.2, -0.15) is 0 Å². The maximum absolute atomic E-state index is 10.5. The molecule has 2 amide bonds. The van der Waals surface area contributed by atoms with Crippen molar-refractivity contribution in [1.29, 1.82) is 0 Å². The molecule has 0 aliphatic heterocycles. The Bertz CT molecular complexity index is 177. The minimum absolute atomic E-state index is 0.482. The predicted octanol–water partition coefficient (Wildman–Crippen LogP) is 2.12. The Kier molecular flexibility index (Phi) is 5.27. The Morgan fingerprint density at radius 1 is 1.45 bits per heavy atom. The Balaban J connectivity index is 4.26. The Labute approximate surface area is 80.6 Å². The van der Waals surface area contributed by atoms with Gasteiger partial charge in [0.25, 0.3) is 0 Å². The maximum atomic E-state index is 10.5. The third-order valence-corrected chi connectivity index (χ3v) is 2.68. The predicted molar refractivity (Wildman–Crippen MR) is 54.3 cm³/mol. The minimum Gasteiger partial charge on any atom is -0.351 e. The Morgan fingerprint density at radius 3 is 2.27 bits per heavy atom. The number of allylic oxidation sites excluding steroid dienone is 2. The number of hydrogen-bond donors (Lipinski definition) is 2. The van der Waals surface area contributed by atoms with Crippen molar-refractivity contribution in [2.75, 3.05) is 0 Å². The summed E-state index contributed by atoms with van der Waals surface area (Å²) in [4.78, 5) is 10.5. The number of amides is 2. The van der Waals surface area contributed by atoms with E-state index in [-0.39, 0.29) is 0 Å². The fourth-order valence-electron chi connectivity index (χ4n) is 0.710. The number of halogens is 1. The first-order chi connectivity index (χ1) is 5.11. The molecule has 64 valence electrons. The fourth-order valence-corrected chi connectivity index (χ4v) is 1.23. The molecule has 0 aliphatic rings. The van der Waals surface area contributed by atoms with Crippen LogP contribution in [0, 0.1) is 0 Å². The summed E-state index contributed by atoms with van der Waals surface area (Å²) in [7, 11) is 0. The van der Waals surface area contributed by atoms with Gasteiger partial charge in [0, 0.05) is 9.28 Å². The molecule has 0 aliphatic carbocycles. The van der Waals surface area contributed by atoms with Gasteiger partial charge in [-0.25, -0.2) is 4.79 Å². The first kappa shape index (κ1) is 10.7. The van der Waals surface area contributed by atoms with E-state index in [2.05, 4.69) is 27.9 Å². The zero-order valence-corrected chi connectivity index (χ0v) is 8.94. The average molecular weight is 268 g/mol. The molecule has 0 spiro atoms. The molecule has 3 N–H and O–H groups in total. The molecule has 0 aromatic carbocycles. The fraction of sp³-hybridized carbons (Fsp3) is 0.571. The topological polar surface area (TPSA) is 55.1 Å². The monoisotopic (exact) mass is 268 g/mol. The van der Waals surface area contributed by atoms with Crippen LogP contribution in [0.2, 0.25) is 0 Å². The van der Waals surface area contributed by atoms with Crippen LogP contribution in [0.15, 0.2) is 9.28 Å². The van der Waals surface area contributed by atoms with E-state index >= 15 is 0 Å². The molecule has 0 aromatic rings. The van der Waals surface area contributed by atoms with Gasteiger partial charge >= 0.3 is 6.03 Å². The molecular weight excluding hydrogens is 255 g/mol. The van der Waals surface area contributed by atoms with Gasteiger partial charge in [-0.1, -0.05) is 13.8 Å². The summed E-state index contributed by atoms with van der Waals surface area (Å²) < 4.78 is 1.16. The lowest BCUT2D eigenvalue weighted by Crippen LogP contribution is -2.28. The van der Waals surface area contributed by atoms with Crippen LogP contribution in [0.25, 0.3) is 0 Å². The third-order valence-electron chi connectivity index (χ3n) is 1.27. The zero-order chi connectivity index (χ0) is 8.85. The second kappa shape index (κ2) is 5.40. The Hall–Kier alpha value is -0.260. The summed E-state index contributed by atoms with van der Waals surface area (Å²) in [5, 5.41) is 2.59. The third kappa shape index (κ3) is 4.23. The van der Waals surface area contributed by atoms with E-state index in [1.54, 1.807) is 0 Å². The lowest BCUT2D eigenvalue weighted by atomic mass is 10.3. The van der Waals surface area contributed by atoms with Crippen LogP contribution >= 0.6 is 22.6 Å². The van der Waals surface area contributed by atoms with Crippen LogP contribution in [0.3, 0.4) is 0 Å². The average Bonchev–Trinajstić information content (AvgIpc) is 1.98. The maximum Gasteiger partial charge on any atom is 0.316 e. The van der Waals surface area contributed by atoms with Gasteiger partial charge in [0.15, 0.2) is 0 Å². The van der Waals surface area contributed by atoms with Crippen molar-refractivity contribution in [1.82, 2.24) is 5.32 Å². The molecule has 0 radical (unpaired) electrons. The van der Waals surface area contributed by atoms with Crippen molar-refractivity contribution in [2.24, 2.45) is 5.73 Å². The van der Waals surface area contributed by atoms with Gasteiger partial charge < -0.3 is 11.1 Å². The highest BCUT2D eigenvalue weighted by Gasteiger charge is 2.01.